The summed E-state index contributed by atoms with van der Waals surface area (Å²) in [5.74, 6) is 1.67. The average molecular weight is 215 g/mol. The van der Waals surface area contributed by atoms with Gasteiger partial charge in [-0.1, -0.05) is 0 Å². The molecule has 0 spiro atoms. The maximum atomic E-state index is 11.5. The first-order valence-corrected chi connectivity index (χ1v) is 6.39. The molecule has 0 bridgehead atoms. The molecule has 2 aliphatic rings. The molecule has 4 heteroatoms. The minimum atomic E-state index is -0.314. The van der Waals surface area contributed by atoms with Gasteiger partial charge in [0.2, 0.25) is 5.91 Å². The minimum Gasteiger partial charge on any atom is -0.391 e. The second kappa shape index (κ2) is 4.53. The fourth-order valence-corrected chi connectivity index (χ4v) is 2.94. The summed E-state index contributed by atoms with van der Waals surface area (Å²) in [5, 5.41) is 12.5. The Balaban J connectivity index is 1.66. The quantitative estimate of drug-likeness (QED) is 0.728. The number of aliphatic hydroxyl groups excluding tert-OH is 1. The summed E-state index contributed by atoms with van der Waals surface area (Å²) in [7, 11) is 0. The molecule has 1 saturated carbocycles. The summed E-state index contributed by atoms with van der Waals surface area (Å²) in [4.78, 5) is 11.5. The van der Waals surface area contributed by atoms with E-state index in [-0.39, 0.29) is 17.3 Å². The normalized spacial score (nSPS) is 28.8. The Morgan fingerprint density at radius 2 is 2.29 bits per heavy atom. The number of thioether (sulfide) groups is 1. The van der Waals surface area contributed by atoms with Crippen molar-refractivity contribution in [2.75, 3.05) is 12.3 Å². The van der Waals surface area contributed by atoms with E-state index in [1.807, 2.05) is 0 Å². The lowest BCUT2D eigenvalue weighted by Crippen LogP contribution is -2.37. The second-order valence-electron chi connectivity index (χ2n) is 4.15. The van der Waals surface area contributed by atoms with Crippen molar-refractivity contribution in [3.63, 3.8) is 0 Å². The number of rotatable bonds is 4. The first kappa shape index (κ1) is 10.3. The van der Waals surface area contributed by atoms with Gasteiger partial charge in [0.05, 0.1) is 11.4 Å². The van der Waals surface area contributed by atoms with E-state index in [4.69, 9.17) is 0 Å². The van der Waals surface area contributed by atoms with Crippen molar-refractivity contribution in [2.45, 2.75) is 37.0 Å². The van der Waals surface area contributed by atoms with Crippen LogP contribution in [-0.2, 0) is 4.79 Å². The minimum absolute atomic E-state index is 0.118. The number of amides is 1. The molecule has 2 atom stereocenters. The van der Waals surface area contributed by atoms with E-state index >= 15 is 0 Å². The van der Waals surface area contributed by atoms with Gasteiger partial charge in [-0.15, -0.1) is 11.8 Å². The molecule has 0 aromatic carbocycles. The lowest BCUT2D eigenvalue weighted by atomic mass is 10.2. The monoisotopic (exact) mass is 215 g/mol. The molecule has 1 aliphatic heterocycles. The molecule has 0 aromatic heterocycles. The van der Waals surface area contributed by atoms with E-state index in [1.165, 1.54) is 0 Å². The highest BCUT2D eigenvalue weighted by molar-refractivity contribution is 8.00. The van der Waals surface area contributed by atoms with Crippen LogP contribution in [0, 0.1) is 5.92 Å². The van der Waals surface area contributed by atoms with Crippen LogP contribution in [0.2, 0.25) is 0 Å². The van der Waals surface area contributed by atoms with Gasteiger partial charge in [-0.3, -0.25) is 4.79 Å². The molecule has 3 nitrogen and oxygen atoms in total. The van der Waals surface area contributed by atoms with Gasteiger partial charge in [0.1, 0.15) is 0 Å². The number of hydrogen-bond donors (Lipinski definition) is 2. The molecule has 2 unspecified atom stereocenters. The van der Waals surface area contributed by atoms with E-state index in [2.05, 4.69) is 5.32 Å². The predicted molar refractivity (Wildman–Crippen MR) is 57.2 cm³/mol. The molecule has 14 heavy (non-hydrogen) atoms. The van der Waals surface area contributed by atoms with E-state index in [1.54, 1.807) is 11.8 Å². The van der Waals surface area contributed by atoms with Crippen LogP contribution < -0.4 is 5.32 Å². The number of carbonyl (C=O) groups is 1. The van der Waals surface area contributed by atoms with Crippen LogP contribution in [0.1, 0.15) is 25.7 Å². The molecule has 2 fully saturated rings. The highest BCUT2D eigenvalue weighted by Crippen LogP contribution is 2.32. The topological polar surface area (TPSA) is 49.3 Å². The zero-order valence-electron chi connectivity index (χ0n) is 8.24. The van der Waals surface area contributed by atoms with Crippen LogP contribution >= 0.6 is 11.8 Å². The van der Waals surface area contributed by atoms with Crippen LogP contribution in [0.4, 0.5) is 0 Å². The van der Waals surface area contributed by atoms with Gasteiger partial charge in [-0.2, -0.15) is 0 Å². The number of nitrogens with one attached hydrogen (secondary N) is 1. The van der Waals surface area contributed by atoms with Crippen LogP contribution in [0.15, 0.2) is 0 Å². The predicted octanol–water partition coefficient (Wildman–Crippen LogP) is 0.769. The van der Waals surface area contributed by atoms with Gasteiger partial charge in [-0.25, -0.2) is 0 Å². The first-order chi connectivity index (χ1) is 6.77. The fraction of sp³-hybridized carbons (Fsp3) is 0.900. The Bertz CT molecular complexity index is 212. The van der Waals surface area contributed by atoms with Gasteiger partial charge in [0, 0.05) is 6.54 Å². The van der Waals surface area contributed by atoms with Gasteiger partial charge in [0.15, 0.2) is 0 Å². The number of aliphatic hydroxyl groups is 1. The van der Waals surface area contributed by atoms with Gasteiger partial charge < -0.3 is 10.4 Å². The Kier molecular flexibility index (Phi) is 3.34. The second-order valence-corrected chi connectivity index (χ2v) is 5.46. The van der Waals surface area contributed by atoms with E-state index in [0.717, 1.165) is 31.4 Å². The Morgan fingerprint density at radius 3 is 2.86 bits per heavy atom. The molecular formula is C10H17NO2S. The summed E-state index contributed by atoms with van der Waals surface area (Å²) in [6.45, 7) is 0.445. The number of hydrogen-bond acceptors (Lipinski definition) is 3. The van der Waals surface area contributed by atoms with Crippen LogP contribution in [0.5, 0.6) is 0 Å². The molecule has 1 saturated heterocycles. The molecule has 1 amide bonds. The van der Waals surface area contributed by atoms with Crippen LogP contribution in [0.25, 0.3) is 0 Å². The van der Waals surface area contributed by atoms with Gasteiger partial charge >= 0.3 is 0 Å². The highest BCUT2D eigenvalue weighted by atomic mass is 32.2. The van der Waals surface area contributed by atoms with E-state index in [9.17, 15) is 9.90 Å². The van der Waals surface area contributed by atoms with E-state index in [0.29, 0.717) is 12.5 Å². The standard InChI is InChI=1S/C10H17NO2S/c12-8(7-3-4-7)6-11-10(13)9-2-1-5-14-9/h7-9,12H,1-6H2,(H,11,13). The molecule has 1 heterocycles. The molecule has 2 N–H and O–H groups in total. The van der Waals surface area contributed by atoms with E-state index < -0.39 is 0 Å². The first-order valence-electron chi connectivity index (χ1n) is 5.35. The molecule has 0 aromatic rings. The average Bonchev–Trinajstić information content (AvgIpc) is 2.90. The smallest absolute Gasteiger partial charge is 0.233 e. The van der Waals surface area contributed by atoms with Crippen LogP contribution in [0.3, 0.4) is 0 Å². The zero-order chi connectivity index (χ0) is 9.97. The summed E-state index contributed by atoms with van der Waals surface area (Å²) in [6, 6.07) is 0. The van der Waals surface area contributed by atoms with Crippen molar-refractivity contribution < 1.29 is 9.90 Å². The van der Waals surface area contributed by atoms with Gasteiger partial charge in [0.25, 0.3) is 0 Å². The van der Waals surface area contributed by atoms with Crippen molar-refractivity contribution in [3.05, 3.63) is 0 Å². The van der Waals surface area contributed by atoms with Crippen molar-refractivity contribution >= 4 is 17.7 Å². The third-order valence-corrected chi connectivity index (χ3v) is 4.25. The Hall–Kier alpha value is -0.220. The molecular weight excluding hydrogens is 198 g/mol. The third-order valence-electron chi connectivity index (χ3n) is 2.87. The summed E-state index contributed by atoms with van der Waals surface area (Å²) in [5.41, 5.74) is 0. The maximum absolute atomic E-state index is 11.5. The van der Waals surface area contributed by atoms with Crippen molar-refractivity contribution in [2.24, 2.45) is 5.92 Å². The van der Waals surface area contributed by atoms with Crippen molar-refractivity contribution in [1.82, 2.24) is 5.32 Å². The molecule has 2 rings (SSSR count). The fourth-order valence-electron chi connectivity index (χ4n) is 1.75. The maximum Gasteiger partial charge on any atom is 0.233 e. The highest BCUT2D eigenvalue weighted by Gasteiger charge is 2.30. The summed E-state index contributed by atoms with van der Waals surface area (Å²) < 4.78 is 0. The molecule has 0 radical (unpaired) electrons. The molecule has 1 aliphatic carbocycles. The lowest BCUT2D eigenvalue weighted by molar-refractivity contribution is -0.121. The summed E-state index contributed by atoms with van der Waals surface area (Å²) in [6.07, 6.45) is 4.07. The Morgan fingerprint density at radius 1 is 1.50 bits per heavy atom. The number of carbonyl (C=O) groups excluding carboxylic acids is 1. The largest absolute Gasteiger partial charge is 0.391 e. The van der Waals surface area contributed by atoms with Crippen LogP contribution in [-0.4, -0.2) is 34.7 Å². The third kappa shape index (κ3) is 2.64. The van der Waals surface area contributed by atoms with Gasteiger partial charge in [-0.05, 0) is 37.4 Å². The van der Waals surface area contributed by atoms with Crippen molar-refractivity contribution in [3.8, 4) is 0 Å². The lowest BCUT2D eigenvalue weighted by Gasteiger charge is -2.13. The van der Waals surface area contributed by atoms with Crippen molar-refractivity contribution in [1.29, 1.82) is 0 Å². The SMILES string of the molecule is O=C(NCC(O)C1CC1)C1CCCS1. The molecule has 80 valence electrons. The Labute approximate surface area is 88.6 Å². The zero-order valence-corrected chi connectivity index (χ0v) is 9.05. The summed E-state index contributed by atoms with van der Waals surface area (Å²) >= 11 is 1.73.